The van der Waals surface area contributed by atoms with Gasteiger partial charge in [0.2, 0.25) is 0 Å². The van der Waals surface area contributed by atoms with Crippen molar-refractivity contribution in [2.75, 3.05) is 5.73 Å². The van der Waals surface area contributed by atoms with Gasteiger partial charge in [-0.3, -0.25) is 4.68 Å². The van der Waals surface area contributed by atoms with Gasteiger partial charge in [0.1, 0.15) is 11.6 Å². The smallest absolute Gasteiger partial charge is 0.146 e. The summed E-state index contributed by atoms with van der Waals surface area (Å²) in [7, 11) is 1.84. The summed E-state index contributed by atoms with van der Waals surface area (Å²) in [5.74, 6) is 1.52. The Kier molecular flexibility index (Phi) is 3.25. The second-order valence-electron chi connectivity index (χ2n) is 4.79. The van der Waals surface area contributed by atoms with E-state index in [1.807, 2.05) is 19.2 Å². The number of imidazole rings is 1. The van der Waals surface area contributed by atoms with Crippen LogP contribution in [-0.2, 0) is 13.6 Å². The predicted octanol–water partition coefficient (Wildman–Crippen LogP) is 3.19. The molecule has 2 aromatic heterocycles. The number of aryl methyl sites for hydroxylation is 2. The minimum atomic E-state index is 0.636. The van der Waals surface area contributed by atoms with Crippen molar-refractivity contribution in [2.45, 2.75) is 19.9 Å². The highest BCUT2D eigenvalue weighted by atomic mass is 79.9. The molecule has 20 heavy (non-hydrogen) atoms. The van der Waals surface area contributed by atoms with Gasteiger partial charge < -0.3 is 10.3 Å². The van der Waals surface area contributed by atoms with Crippen LogP contribution in [0.5, 0.6) is 0 Å². The second kappa shape index (κ2) is 4.94. The molecule has 0 amide bonds. The van der Waals surface area contributed by atoms with Crippen molar-refractivity contribution in [3.05, 3.63) is 28.9 Å². The van der Waals surface area contributed by atoms with E-state index in [1.165, 1.54) is 0 Å². The quantitative estimate of drug-likeness (QED) is 0.800. The third kappa shape index (κ3) is 2.00. The van der Waals surface area contributed by atoms with Gasteiger partial charge in [0.05, 0.1) is 22.8 Å². The van der Waals surface area contributed by atoms with Gasteiger partial charge in [0.25, 0.3) is 0 Å². The first-order valence-electron chi connectivity index (χ1n) is 6.55. The monoisotopic (exact) mass is 333 g/mol. The fourth-order valence-electron chi connectivity index (χ4n) is 2.38. The highest BCUT2D eigenvalue weighted by molar-refractivity contribution is 9.10. The summed E-state index contributed by atoms with van der Waals surface area (Å²) in [6, 6.07) is 6.14. The lowest BCUT2D eigenvalue weighted by atomic mass is 10.3. The molecule has 1 aromatic carbocycles. The van der Waals surface area contributed by atoms with E-state index < -0.39 is 0 Å². The molecule has 2 N–H and O–H groups in total. The standard InChI is InChI=1S/C14H16BrN5/c1-3-6-20-12-5-4-9(15)7-11(12)18-14(20)10-8-17-19(2)13(10)16/h4-5,7-8H,3,6,16H2,1-2H3. The molecule has 0 fully saturated rings. The number of hydrogen-bond acceptors (Lipinski definition) is 3. The molecule has 0 spiro atoms. The van der Waals surface area contributed by atoms with E-state index in [2.05, 4.69) is 38.6 Å². The second-order valence-corrected chi connectivity index (χ2v) is 5.70. The van der Waals surface area contributed by atoms with Crippen molar-refractivity contribution in [3.8, 4) is 11.4 Å². The van der Waals surface area contributed by atoms with Crippen LogP contribution < -0.4 is 5.73 Å². The van der Waals surface area contributed by atoms with Crippen LogP contribution in [0.15, 0.2) is 28.9 Å². The van der Waals surface area contributed by atoms with Crippen LogP contribution in [0.2, 0.25) is 0 Å². The summed E-state index contributed by atoms with van der Waals surface area (Å²) in [5.41, 5.74) is 9.05. The fraction of sp³-hybridized carbons (Fsp3) is 0.286. The molecule has 0 atom stereocenters. The van der Waals surface area contributed by atoms with Gasteiger partial charge in [-0.05, 0) is 24.6 Å². The summed E-state index contributed by atoms with van der Waals surface area (Å²) in [4.78, 5) is 4.74. The van der Waals surface area contributed by atoms with Crippen molar-refractivity contribution < 1.29 is 0 Å². The Morgan fingerprint density at radius 1 is 1.35 bits per heavy atom. The third-order valence-corrected chi connectivity index (χ3v) is 3.88. The number of fused-ring (bicyclic) bond motifs is 1. The highest BCUT2D eigenvalue weighted by Crippen LogP contribution is 2.30. The van der Waals surface area contributed by atoms with E-state index in [0.29, 0.717) is 5.82 Å². The Balaban J connectivity index is 2.28. The molecule has 0 aliphatic heterocycles. The number of rotatable bonds is 3. The first kappa shape index (κ1) is 13.2. The molecule has 3 rings (SSSR count). The van der Waals surface area contributed by atoms with Gasteiger partial charge in [-0.2, -0.15) is 5.10 Å². The zero-order chi connectivity index (χ0) is 14.3. The Morgan fingerprint density at radius 3 is 2.80 bits per heavy atom. The molecule has 5 nitrogen and oxygen atoms in total. The summed E-state index contributed by atoms with van der Waals surface area (Å²) >= 11 is 3.49. The first-order valence-corrected chi connectivity index (χ1v) is 7.34. The number of nitrogens with zero attached hydrogens (tertiary/aromatic N) is 4. The van der Waals surface area contributed by atoms with E-state index >= 15 is 0 Å². The van der Waals surface area contributed by atoms with Gasteiger partial charge in [0.15, 0.2) is 0 Å². The molecule has 6 heteroatoms. The van der Waals surface area contributed by atoms with Crippen molar-refractivity contribution in [2.24, 2.45) is 7.05 Å². The van der Waals surface area contributed by atoms with Gasteiger partial charge >= 0.3 is 0 Å². The van der Waals surface area contributed by atoms with E-state index in [-0.39, 0.29) is 0 Å². The van der Waals surface area contributed by atoms with Crippen molar-refractivity contribution in [3.63, 3.8) is 0 Å². The van der Waals surface area contributed by atoms with Crippen LogP contribution in [0.3, 0.4) is 0 Å². The normalized spacial score (nSPS) is 11.3. The molecular formula is C14H16BrN5. The topological polar surface area (TPSA) is 61.7 Å². The lowest BCUT2D eigenvalue weighted by Gasteiger charge is -2.07. The van der Waals surface area contributed by atoms with Crippen molar-refractivity contribution in [1.29, 1.82) is 0 Å². The van der Waals surface area contributed by atoms with Gasteiger partial charge in [-0.15, -0.1) is 0 Å². The minimum Gasteiger partial charge on any atom is -0.383 e. The minimum absolute atomic E-state index is 0.636. The molecule has 0 radical (unpaired) electrons. The molecular weight excluding hydrogens is 318 g/mol. The number of anilines is 1. The molecule has 0 unspecified atom stereocenters. The maximum absolute atomic E-state index is 6.09. The Morgan fingerprint density at radius 2 is 2.15 bits per heavy atom. The SMILES string of the molecule is CCCn1c(-c2cnn(C)c2N)nc2cc(Br)ccc21. The van der Waals surface area contributed by atoms with Crippen LogP contribution >= 0.6 is 15.9 Å². The zero-order valence-electron chi connectivity index (χ0n) is 11.5. The number of halogens is 1. The summed E-state index contributed by atoms with van der Waals surface area (Å²) in [5, 5.41) is 4.21. The Hall–Kier alpha value is -1.82. The largest absolute Gasteiger partial charge is 0.383 e. The number of aromatic nitrogens is 4. The van der Waals surface area contributed by atoms with Crippen LogP contribution in [-0.4, -0.2) is 19.3 Å². The number of benzene rings is 1. The fourth-order valence-corrected chi connectivity index (χ4v) is 2.73. The van der Waals surface area contributed by atoms with Crippen molar-refractivity contribution >= 4 is 32.8 Å². The molecule has 0 aliphatic carbocycles. The van der Waals surface area contributed by atoms with Crippen molar-refractivity contribution in [1.82, 2.24) is 19.3 Å². The van der Waals surface area contributed by atoms with Gasteiger partial charge in [0, 0.05) is 18.1 Å². The summed E-state index contributed by atoms with van der Waals surface area (Å²) in [6.07, 6.45) is 2.81. The first-order chi connectivity index (χ1) is 9.61. The third-order valence-electron chi connectivity index (χ3n) is 3.38. The van der Waals surface area contributed by atoms with E-state index in [1.54, 1.807) is 10.9 Å². The average Bonchev–Trinajstić information content (AvgIpc) is 2.92. The summed E-state index contributed by atoms with van der Waals surface area (Å²) < 4.78 is 4.90. The zero-order valence-corrected chi connectivity index (χ0v) is 13.1. The Labute approximate surface area is 125 Å². The molecule has 0 saturated carbocycles. The molecule has 0 saturated heterocycles. The van der Waals surface area contributed by atoms with Crippen LogP contribution in [0.4, 0.5) is 5.82 Å². The molecule has 0 aliphatic rings. The number of nitrogens with two attached hydrogens (primary N) is 1. The molecule has 104 valence electrons. The van der Waals surface area contributed by atoms with Crippen LogP contribution in [0.25, 0.3) is 22.4 Å². The average molecular weight is 334 g/mol. The van der Waals surface area contributed by atoms with Gasteiger partial charge in [-0.25, -0.2) is 4.98 Å². The van der Waals surface area contributed by atoms with Gasteiger partial charge in [-0.1, -0.05) is 22.9 Å². The maximum Gasteiger partial charge on any atom is 0.146 e. The lowest BCUT2D eigenvalue weighted by Crippen LogP contribution is -2.02. The van der Waals surface area contributed by atoms with E-state index in [4.69, 9.17) is 10.7 Å². The molecule has 0 bridgehead atoms. The predicted molar refractivity (Wildman–Crippen MR) is 84.3 cm³/mol. The number of nitrogen functional groups attached to an aromatic ring is 1. The van der Waals surface area contributed by atoms with E-state index in [9.17, 15) is 0 Å². The Bertz CT molecular complexity index is 771. The molecule has 2 heterocycles. The maximum atomic E-state index is 6.09. The highest BCUT2D eigenvalue weighted by Gasteiger charge is 2.16. The van der Waals surface area contributed by atoms with E-state index in [0.717, 1.165) is 39.9 Å². The number of hydrogen-bond donors (Lipinski definition) is 1. The summed E-state index contributed by atoms with van der Waals surface area (Å²) in [6.45, 7) is 3.06. The van der Waals surface area contributed by atoms with Crippen LogP contribution in [0, 0.1) is 0 Å². The van der Waals surface area contributed by atoms with Crippen LogP contribution in [0.1, 0.15) is 13.3 Å². The molecule has 3 aromatic rings. The lowest BCUT2D eigenvalue weighted by molar-refractivity contribution is 0.704.